The van der Waals surface area contributed by atoms with E-state index in [-0.39, 0.29) is 5.91 Å². The fourth-order valence-corrected chi connectivity index (χ4v) is 2.04. The molecule has 3 rings (SSSR count). The summed E-state index contributed by atoms with van der Waals surface area (Å²) in [4.78, 5) is 16.1. The molecule has 0 fully saturated rings. The van der Waals surface area contributed by atoms with Crippen molar-refractivity contribution in [2.24, 2.45) is 0 Å². The van der Waals surface area contributed by atoms with E-state index in [0.717, 1.165) is 16.8 Å². The Morgan fingerprint density at radius 3 is 2.81 bits per heavy atom. The summed E-state index contributed by atoms with van der Waals surface area (Å²) in [6, 6.07) is 12.6. The SMILES string of the molecule is COc1ccc(C(=O)NCc2ccc3ncoc3c2)cc1. The predicted octanol–water partition coefficient (Wildman–Crippen LogP) is 2.77. The summed E-state index contributed by atoms with van der Waals surface area (Å²) in [5, 5.41) is 2.87. The first-order valence-corrected chi connectivity index (χ1v) is 6.50. The van der Waals surface area contributed by atoms with E-state index in [0.29, 0.717) is 17.7 Å². The van der Waals surface area contributed by atoms with Crippen LogP contribution in [-0.4, -0.2) is 18.0 Å². The Hall–Kier alpha value is -2.82. The van der Waals surface area contributed by atoms with Gasteiger partial charge in [0.1, 0.15) is 11.3 Å². The van der Waals surface area contributed by atoms with Gasteiger partial charge in [-0.15, -0.1) is 0 Å². The highest BCUT2D eigenvalue weighted by Crippen LogP contribution is 2.15. The van der Waals surface area contributed by atoms with E-state index in [9.17, 15) is 4.79 Å². The van der Waals surface area contributed by atoms with Crippen LogP contribution in [0, 0.1) is 0 Å². The van der Waals surface area contributed by atoms with Crippen molar-refractivity contribution in [1.29, 1.82) is 0 Å². The van der Waals surface area contributed by atoms with Gasteiger partial charge in [-0.1, -0.05) is 6.07 Å². The zero-order chi connectivity index (χ0) is 14.7. The quantitative estimate of drug-likeness (QED) is 0.799. The van der Waals surface area contributed by atoms with E-state index >= 15 is 0 Å². The molecule has 2 aromatic carbocycles. The number of hydrogen-bond acceptors (Lipinski definition) is 4. The number of carbonyl (C=O) groups is 1. The standard InChI is InChI=1S/C16H14N2O3/c1-20-13-5-3-12(4-6-13)16(19)17-9-11-2-7-14-15(8-11)21-10-18-14/h2-8,10H,9H2,1H3,(H,17,19). The molecule has 1 aromatic heterocycles. The van der Waals surface area contributed by atoms with Crippen molar-refractivity contribution in [1.82, 2.24) is 10.3 Å². The van der Waals surface area contributed by atoms with Crippen LogP contribution in [0.2, 0.25) is 0 Å². The molecule has 1 amide bonds. The Bertz CT molecular complexity index is 763. The second-order valence-corrected chi connectivity index (χ2v) is 4.57. The summed E-state index contributed by atoms with van der Waals surface area (Å²) in [5.74, 6) is 0.595. The van der Waals surface area contributed by atoms with Crippen molar-refractivity contribution in [3.05, 3.63) is 60.0 Å². The normalized spacial score (nSPS) is 10.5. The molecular formula is C16H14N2O3. The Morgan fingerprint density at radius 2 is 2.05 bits per heavy atom. The number of nitrogens with zero attached hydrogens (tertiary/aromatic N) is 1. The van der Waals surface area contributed by atoms with Gasteiger partial charge in [0.25, 0.3) is 5.91 Å². The van der Waals surface area contributed by atoms with Gasteiger partial charge in [0.2, 0.25) is 0 Å². The number of methoxy groups -OCH3 is 1. The molecule has 0 aliphatic heterocycles. The largest absolute Gasteiger partial charge is 0.497 e. The molecule has 3 aromatic rings. The zero-order valence-electron chi connectivity index (χ0n) is 11.5. The Balaban J connectivity index is 1.66. The Kier molecular flexibility index (Phi) is 3.55. The first kappa shape index (κ1) is 13.2. The number of ether oxygens (including phenoxy) is 1. The topological polar surface area (TPSA) is 64.4 Å². The van der Waals surface area contributed by atoms with Gasteiger partial charge in [0, 0.05) is 12.1 Å². The predicted molar refractivity (Wildman–Crippen MR) is 78.2 cm³/mol. The maximum atomic E-state index is 12.0. The van der Waals surface area contributed by atoms with Gasteiger partial charge in [-0.25, -0.2) is 4.98 Å². The van der Waals surface area contributed by atoms with Crippen LogP contribution >= 0.6 is 0 Å². The third kappa shape index (κ3) is 2.86. The lowest BCUT2D eigenvalue weighted by Gasteiger charge is -2.06. The number of aromatic nitrogens is 1. The van der Waals surface area contributed by atoms with E-state index in [1.807, 2.05) is 18.2 Å². The number of hydrogen-bond donors (Lipinski definition) is 1. The first-order chi connectivity index (χ1) is 10.3. The van der Waals surface area contributed by atoms with Gasteiger partial charge < -0.3 is 14.5 Å². The summed E-state index contributed by atoms with van der Waals surface area (Å²) in [6.45, 7) is 0.432. The number of fused-ring (bicyclic) bond motifs is 1. The molecular weight excluding hydrogens is 268 g/mol. The third-order valence-electron chi connectivity index (χ3n) is 3.20. The molecule has 106 valence electrons. The number of nitrogens with one attached hydrogen (secondary N) is 1. The van der Waals surface area contributed by atoms with Gasteiger partial charge in [0.05, 0.1) is 7.11 Å². The van der Waals surface area contributed by atoms with Gasteiger partial charge in [-0.05, 0) is 42.0 Å². The lowest BCUT2D eigenvalue weighted by atomic mass is 10.2. The van der Waals surface area contributed by atoms with Crippen molar-refractivity contribution in [3.8, 4) is 5.75 Å². The molecule has 0 unspecified atom stereocenters. The molecule has 1 N–H and O–H groups in total. The van der Waals surface area contributed by atoms with E-state index in [4.69, 9.17) is 9.15 Å². The van der Waals surface area contributed by atoms with Crippen molar-refractivity contribution in [2.75, 3.05) is 7.11 Å². The maximum absolute atomic E-state index is 12.0. The molecule has 0 saturated heterocycles. The van der Waals surface area contributed by atoms with Gasteiger partial charge in [-0.3, -0.25) is 4.79 Å². The fourth-order valence-electron chi connectivity index (χ4n) is 2.04. The van der Waals surface area contributed by atoms with E-state index in [2.05, 4.69) is 10.3 Å². The summed E-state index contributed by atoms with van der Waals surface area (Å²) in [5.41, 5.74) is 3.07. The van der Waals surface area contributed by atoms with E-state index < -0.39 is 0 Å². The lowest BCUT2D eigenvalue weighted by Crippen LogP contribution is -2.22. The number of benzene rings is 2. The highest BCUT2D eigenvalue weighted by molar-refractivity contribution is 5.94. The summed E-state index contributed by atoms with van der Waals surface area (Å²) < 4.78 is 10.3. The van der Waals surface area contributed by atoms with Crippen LogP contribution in [0.5, 0.6) is 5.75 Å². The smallest absolute Gasteiger partial charge is 0.251 e. The van der Waals surface area contributed by atoms with Crippen LogP contribution in [0.4, 0.5) is 0 Å². The number of amides is 1. The number of rotatable bonds is 4. The van der Waals surface area contributed by atoms with Crippen LogP contribution in [0.25, 0.3) is 11.1 Å². The van der Waals surface area contributed by atoms with Crippen LogP contribution in [-0.2, 0) is 6.54 Å². The van der Waals surface area contributed by atoms with Crippen LogP contribution < -0.4 is 10.1 Å². The monoisotopic (exact) mass is 282 g/mol. The molecule has 0 atom stereocenters. The molecule has 1 heterocycles. The van der Waals surface area contributed by atoms with Crippen LogP contribution in [0.15, 0.2) is 53.3 Å². The third-order valence-corrected chi connectivity index (χ3v) is 3.20. The van der Waals surface area contributed by atoms with Crippen molar-refractivity contribution < 1.29 is 13.9 Å². The van der Waals surface area contributed by atoms with Crippen molar-refractivity contribution in [2.45, 2.75) is 6.54 Å². The number of carbonyl (C=O) groups excluding carboxylic acids is 1. The van der Waals surface area contributed by atoms with Gasteiger partial charge >= 0.3 is 0 Å². The second kappa shape index (κ2) is 5.66. The highest BCUT2D eigenvalue weighted by Gasteiger charge is 2.06. The molecule has 5 heteroatoms. The van der Waals surface area contributed by atoms with Gasteiger partial charge in [0.15, 0.2) is 12.0 Å². The summed E-state index contributed by atoms with van der Waals surface area (Å²) in [6.07, 6.45) is 1.41. The average Bonchev–Trinajstić information content (AvgIpc) is 3.00. The second-order valence-electron chi connectivity index (χ2n) is 4.57. The minimum atomic E-state index is -0.129. The molecule has 0 radical (unpaired) electrons. The number of oxazole rings is 1. The van der Waals surface area contributed by atoms with E-state index in [1.165, 1.54) is 6.39 Å². The Morgan fingerprint density at radius 1 is 1.24 bits per heavy atom. The average molecular weight is 282 g/mol. The lowest BCUT2D eigenvalue weighted by molar-refractivity contribution is 0.0951. The molecule has 21 heavy (non-hydrogen) atoms. The van der Waals surface area contributed by atoms with Crippen LogP contribution in [0.3, 0.4) is 0 Å². The minimum Gasteiger partial charge on any atom is -0.497 e. The highest BCUT2D eigenvalue weighted by atomic mass is 16.5. The molecule has 0 bridgehead atoms. The van der Waals surface area contributed by atoms with E-state index in [1.54, 1.807) is 31.4 Å². The van der Waals surface area contributed by atoms with Crippen LogP contribution in [0.1, 0.15) is 15.9 Å². The minimum absolute atomic E-state index is 0.129. The fraction of sp³-hybridized carbons (Fsp3) is 0.125. The van der Waals surface area contributed by atoms with Gasteiger partial charge in [-0.2, -0.15) is 0 Å². The Labute approximate surface area is 121 Å². The summed E-state index contributed by atoms with van der Waals surface area (Å²) >= 11 is 0. The molecule has 0 spiro atoms. The first-order valence-electron chi connectivity index (χ1n) is 6.50. The zero-order valence-corrected chi connectivity index (χ0v) is 11.5. The molecule has 0 aliphatic rings. The summed E-state index contributed by atoms with van der Waals surface area (Å²) in [7, 11) is 1.59. The molecule has 0 aliphatic carbocycles. The maximum Gasteiger partial charge on any atom is 0.251 e. The molecule has 0 saturated carbocycles. The molecule has 5 nitrogen and oxygen atoms in total. The van der Waals surface area contributed by atoms with Crippen molar-refractivity contribution in [3.63, 3.8) is 0 Å². The van der Waals surface area contributed by atoms with Crippen molar-refractivity contribution >= 4 is 17.0 Å².